The maximum Gasteiger partial charge on any atom is 0.268 e. The Hall–Kier alpha value is -3.23. The third-order valence-electron chi connectivity index (χ3n) is 8.63. The summed E-state index contributed by atoms with van der Waals surface area (Å²) in [6, 6.07) is 16.0. The number of aryl methyl sites for hydroxylation is 1. The Morgan fingerprint density at radius 3 is 2.27 bits per heavy atom. The van der Waals surface area contributed by atoms with Gasteiger partial charge in [0.25, 0.3) is 11.8 Å². The predicted octanol–water partition coefficient (Wildman–Crippen LogP) is 5.25. The van der Waals surface area contributed by atoms with Crippen molar-refractivity contribution in [3.8, 4) is 0 Å². The molecule has 4 heterocycles. The summed E-state index contributed by atoms with van der Waals surface area (Å²) in [7, 11) is 0. The fourth-order valence-corrected chi connectivity index (χ4v) is 6.91. The van der Waals surface area contributed by atoms with E-state index in [0.717, 1.165) is 53.0 Å². The number of hydrogen-bond donors (Lipinski definition) is 0. The highest BCUT2D eigenvalue weighted by atomic mass is 32.1. The van der Waals surface area contributed by atoms with E-state index in [0.29, 0.717) is 37.5 Å². The van der Waals surface area contributed by atoms with Gasteiger partial charge in [0, 0.05) is 43.2 Å². The number of nitrogens with zero attached hydrogens (tertiary/aromatic N) is 4. The van der Waals surface area contributed by atoms with Gasteiger partial charge in [-0.25, -0.2) is 4.98 Å². The lowest BCUT2D eigenvalue weighted by atomic mass is 9.86. The molecule has 2 aliphatic heterocycles. The fraction of sp³-hybridized carbons (Fsp3) is 0.469. The van der Waals surface area contributed by atoms with Gasteiger partial charge in [-0.15, -0.1) is 11.3 Å². The standard InChI is InChI=1S/C32H38N4O3S/c1-21-5-11-28(40-21)31(38)36(24-10-12-29(33-17-24)34-13-15-39-16-14-34)20-27-25-18-35(19-26(25)27)30(37)22-6-8-23(9-7-22)32(2,3)4/h5-12,17,25-27H,13-16,18-20H2,1-4H3. The quantitative estimate of drug-likeness (QED) is 0.414. The van der Waals surface area contributed by atoms with Crippen LogP contribution in [0, 0.1) is 24.7 Å². The fourth-order valence-electron chi connectivity index (χ4n) is 6.10. The third-order valence-corrected chi connectivity index (χ3v) is 9.61. The van der Waals surface area contributed by atoms with Gasteiger partial charge >= 0.3 is 0 Å². The second-order valence-corrected chi connectivity index (χ2v) is 13.6. The van der Waals surface area contributed by atoms with Crippen LogP contribution in [-0.2, 0) is 10.2 Å². The molecular formula is C32H38N4O3S. The molecule has 2 unspecified atom stereocenters. The normalized spacial score (nSPS) is 22.2. The molecule has 0 N–H and O–H groups in total. The Kier molecular flexibility index (Phi) is 7.17. The Bertz CT molecular complexity index is 1360. The molecule has 0 bridgehead atoms. The highest BCUT2D eigenvalue weighted by molar-refractivity contribution is 7.14. The van der Waals surface area contributed by atoms with E-state index >= 15 is 0 Å². The molecule has 40 heavy (non-hydrogen) atoms. The zero-order valence-corrected chi connectivity index (χ0v) is 24.6. The molecule has 1 saturated carbocycles. The summed E-state index contributed by atoms with van der Waals surface area (Å²) >= 11 is 1.53. The first-order chi connectivity index (χ1) is 19.2. The van der Waals surface area contributed by atoms with Gasteiger partial charge in [-0.2, -0.15) is 0 Å². The van der Waals surface area contributed by atoms with Crippen LogP contribution in [0.5, 0.6) is 0 Å². The number of ether oxygens (including phenoxy) is 1. The lowest BCUT2D eigenvalue weighted by Crippen LogP contribution is -2.37. The first-order valence-corrected chi connectivity index (χ1v) is 15.1. The van der Waals surface area contributed by atoms with E-state index in [4.69, 9.17) is 9.72 Å². The molecule has 1 aliphatic carbocycles. The molecule has 2 amide bonds. The molecule has 3 fully saturated rings. The van der Waals surface area contributed by atoms with Gasteiger partial charge in [0.1, 0.15) is 5.82 Å². The maximum absolute atomic E-state index is 13.7. The molecular weight excluding hydrogens is 520 g/mol. The van der Waals surface area contributed by atoms with Gasteiger partial charge in [-0.05, 0) is 72.1 Å². The Balaban J connectivity index is 1.14. The minimum atomic E-state index is 0.0240. The molecule has 2 aromatic heterocycles. The molecule has 6 rings (SSSR count). The van der Waals surface area contributed by atoms with Crippen LogP contribution >= 0.6 is 11.3 Å². The highest BCUT2D eigenvalue weighted by Gasteiger charge is 2.57. The van der Waals surface area contributed by atoms with Crippen molar-refractivity contribution in [3.05, 3.63) is 75.6 Å². The van der Waals surface area contributed by atoms with Crippen molar-refractivity contribution in [1.82, 2.24) is 9.88 Å². The van der Waals surface area contributed by atoms with Gasteiger partial charge in [-0.1, -0.05) is 32.9 Å². The second kappa shape index (κ2) is 10.6. The molecule has 2 saturated heterocycles. The summed E-state index contributed by atoms with van der Waals surface area (Å²) in [4.78, 5) is 39.6. The van der Waals surface area contributed by atoms with E-state index in [-0.39, 0.29) is 17.2 Å². The topological polar surface area (TPSA) is 66.0 Å². The largest absolute Gasteiger partial charge is 0.378 e. The Labute approximate surface area is 240 Å². The third kappa shape index (κ3) is 5.39. The SMILES string of the molecule is Cc1ccc(C(=O)N(CC2C3CN(C(=O)c4ccc(C(C)(C)C)cc4)CC32)c2ccc(N3CCOCC3)nc2)s1. The number of fused-ring (bicyclic) bond motifs is 1. The van der Waals surface area contributed by atoms with Gasteiger partial charge in [0.15, 0.2) is 0 Å². The molecule has 1 aromatic carbocycles. The summed E-state index contributed by atoms with van der Waals surface area (Å²) in [5.74, 6) is 2.29. The summed E-state index contributed by atoms with van der Waals surface area (Å²) in [5.41, 5.74) is 2.87. The van der Waals surface area contributed by atoms with Crippen LogP contribution in [0.4, 0.5) is 11.5 Å². The Morgan fingerprint density at radius 1 is 1.00 bits per heavy atom. The van der Waals surface area contributed by atoms with Gasteiger partial charge < -0.3 is 19.4 Å². The van der Waals surface area contributed by atoms with Gasteiger partial charge in [0.05, 0.1) is 30.0 Å². The number of amides is 2. The molecule has 8 heteroatoms. The predicted molar refractivity (Wildman–Crippen MR) is 160 cm³/mol. The molecule has 0 spiro atoms. The lowest BCUT2D eigenvalue weighted by Gasteiger charge is -2.29. The average Bonchev–Trinajstić information content (AvgIpc) is 3.26. The highest BCUT2D eigenvalue weighted by Crippen LogP contribution is 2.52. The van der Waals surface area contributed by atoms with E-state index in [1.807, 2.05) is 59.3 Å². The van der Waals surface area contributed by atoms with Crippen LogP contribution in [0.2, 0.25) is 0 Å². The van der Waals surface area contributed by atoms with Crippen LogP contribution in [0.25, 0.3) is 0 Å². The first-order valence-electron chi connectivity index (χ1n) is 14.3. The molecule has 3 aromatic rings. The van der Waals surface area contributed by atoms with Gasteiger partial charge in [-0.3, -0.25) is 9.59 Å². The van der Waals surface area contributed by atoms with E-state index < -0.39 is 0 Å². The summed E-state index contributed by atoms with van der Waals surface area (Å²) in [6.45, 7) is 13.8. The number of rotatable bonds is 6. The number of thiophene rings is 1. The Morgan fingerprint density at radius 2 is 1.70 bits per heavy atom. The van der Waals surface area contributed by atoms with E-state index in [1.165, 1.54) is 16.9 Å². The van der Waals surface area contributed by atoms with Crippen molar-refractivity contribution in [3.63, 3.8) is 0 Å². The van der Waals surface area contributed by atoms with Gasteiger partial charge in [0.2, 0.25) is 0 Å². The van der Waals surface area contributed by atoms with Crippen LogP contribution in [-0.4, -0.2) is 67.6 Å². The lowest BCUT2D eigenvalue weighted by molar-refractivity contribution is 0.0766. The maximum atomic E-state index is 13.7. The monoisotopic (exact) mass is 558 g/mol. The average molecular weight is 559 g/mol. The molecule has 210 valence electrons. The van der Waals surface area contributed by atoms with Crippen molar-refractivity contribution < 1.29 is 14.3 Å². The number of morpholine rings is 1. The van der Waals surface area contributed by atoms with Crippen molar-refractivity contribution >= 4 is 34.7 Å². The number of piperidine rings is 1. The number of likely N-dealkylation sites (tertiary alicyclic amines) is 1. The second-order valence-electron chi connectivity index (χ2n) is 12.3. The smallest absolute Gasteiger partial charge is 0.268 e. The first kappa shape index (κ1) is 27.0. The van der Waals surface area contributed by atoms with Crippen molar-refractivity contribution in [2.45, 2.75) is 33.1 Å². The van der Waals surface area contributed by atoms with Crippen LogP contribution in [0.15, 0.2) is 54.7 Å². The number of aromatic nitrogens is 1. The minimum absolute atomic E-state index is 0.0240. The van der Waals surface area contributed by atoms with E-state index in [9.17, 15) is 9.59 Å². The number of carbonyl (C=O) groups excluding carboxylic acids is 2. The van der Waals surface area contributed by atoms with Crippen molar-refractivity contribution in [2.75, 3.05) is 55.7 Å². The summed E-state index contributed by atoms with van der Waals surface area (Å²) in [5, 5.41) is 0. The summed E-state index contributed by atoms with van der Waals surface area (Å²) in [6.07, 6.45) is 1.83. The van der Waals surface area contributed by atoms with Crippen molar-refractivity contribution in [1.29, 1.82) is 0 Å². The molecule has 0 radical (unpaired) electrons. The zero-order valence-electron chi connectivity index (χ0n) is 23.8. The number of carbonyl (C=O) groups is 2. The van der Waals surface area contributed by atoms with Crippen LogP contribution in [0.3, 0.4) is 0 Å². The summed E-state index contributed by atoms with van der Waals surface area (Å²) < 4.78 is 5.47. The number of pyridine rings is 1. The van der Waals surface area contributed by atoms with E-state index in [1.54, 1.807) is 0 Å². The minimum Gasteiger partial charge on any atom is -0.378 e. The number of benzene rings is 1. The van der Waals surface area contributed by atoms with Crippen LogP contribution in [0.1, 0.15) is 51.2 Å². The molecule has 2 atom stereocenters. The zero-order chi connectivity index (χ0) is 28.0. The van der Waals surface area contributed by atoms with Crippen LogP contribution < -0.4 is 9.80 Å². The van der Waals surface area contributed by atoms with Crippen molar-refractivity contribution in [2.24, 2.45) is 17.8 Å². The number of anilines is 2. The van der Waals surface area contributed by atoms with E-state index in [2.05, 4.69) is 37.8 Å². The molecule has 7 nitrogen and oxygen atoms in total. The number of hydrogen-bond acceptors (Lipinski definition) is 6. The molecule has 3 aliphatic rings.